The highest BCUT2D eigenvalue weighted by Crippen LogP contribution is 2.25. The summed E-state index contributed by atoms with van der Waals surface area (Å²) in [6.45, 7) is 3.69. The lowest BCUT2D eigenvalue weighted by molar-refractivity contribution is -0.137. The molecule has 0 radical (unpaired) electrons. The predicted octanol–water partition coefficient (Wildman–Crippen LogP) is 3.05. The van der Waals surface area contributed by atoms with Gasteiger partial charge < -0.3 is 14.7 Å². The van der Waals surface area contributed by atoms with Crippen LogP contribution >= 0.6 is 0 Å². The van der Waals surface area contributed by atoms with Gasteiger partial charge in [-0.05, 0) is 61.7 Å². The van der Waals surface area contributed by atoms with Crippen LogP contribution in [0.15, 0.2) is 41.3 Å². The highest BCUT2D eigenvalue weighted by Gasteiger charge is 2.18. The Labute approximate surface area is 176 Å². The number of aryl methyl sites for hydroxylation is 2. The molecule has 0 heterocycles. The molecule has 2 aromatic rings. The van der Waals surface area contributed by atoms with Gasteiger partial charge in [0.25, 0.3) is 15.9 Å². The van der Waals surface area contributed by atoms with Crippen molar-refractivity contribution in [2.45, 2.75) is 31.6 Å². The summed E-state index contributed by atoms with van der Waals surface area (Å²) in [6.07, 6.45) is 0.363. The highest BCUT2D eigenvalue weighted by atomic mass is 32.2. The molecule has 0 aromatic heterocycles. The Morgan fingerprint density at radius 2 is 1.77 bits per heavy atom. The van der Waals surface area contributed by atoms with E-state index in [0.717, 1.165) is 0 Å². The van der Waals surface area contributed by atoms with Crippen LogP contribution < -0.4 is 9.46 Å². The van der Waals surface area contributed by atoms with Gasteiger partial charge in [-0.1, -0.05) is 6.07 Å². The molecule has 2 N–H and O–H groups in total. The first-order valence-electron chi connectivity index (χ1n) is 9.31. The van der Waals surface area contributed by atoms with Gasteiger partial charge in [0, 0.05) is 26.1 Å². The molecule has 0 unspecified atom stereocenters. The molecule has 0 fully saturated rings. The van der Waals surface area contributed by atoms with Crippen molar-refractivity contribution in [3.05, 3.63) is 53.1 Å². The minimum absolute atomic E-state index is 0.00414. The van der Waals surface area contributed by atoms with Crippen LogP contribution in [0.1, 0.15) is 34.3 Å². The zero-order valence-electron chi connectivity index (χ0n) is 17.4. The zero-order valence-corrected chi connectivity index (χ0v) is 18.2. The Bertz CT molecular complexity index is 1050. The Balaban J connectivity index is 2.20. The number of anilines is 1. The van der Waals surface area contributed by atoms with Crippen molar-refractivity contribution in [1.82, 2.24) is 4.90 Å². The van der Waals surface area contributed by atoms with Gasteiger partial charge in [0.15, 0.2) is 0 Å². The molecule has 0 spiro atoms. The van der Waals surface area contributed by atoms with E-state index in [1.807, 2.05) is 0 Å². The van der Waals surface area contributed by atoms with E-state index < -0.39 is 16.0 Å². The van der Waals surface area contributed by atoms with Crippen molar-refractivity contribution >= 4 is 27.6 Å². The third-order valence-corrected chi connectivity index (χ3v) is 5.75. The summed E-state index contributed by atoms with van der Waals surface area (Å²) in [7, 11) is -0.632. The number of hydrogen-bond acceptors (Lipinski definition) is 5. The van der Waals surface area contributed by atoms with Gasteiger partial charge in [0.2, 0.25) is 0 Å². The van der Waals surface area contributed by atoms with Gasteiger partial charge in [0.05, 0.1) is 17.2 Å². The molecule has 0 atom stereocenters. The first kappa shape index (κ1) is 23.2. The maximum Gasteiger partial charge on any atom is 0.303 e. The number of carboxylic acids is 1. The third kappa shape index (κ3) is 5.96. The molecule has 8 nitrogen and oxygen atoms in total. The van der Waals surface area contributed by atoms with E-state index in [1.54, 1.807) is 46.1 Å². The molecular weight excluding hydrogens is 408 g/mol. The molecule has 9 heteroatoms. The molecule has 0 saturated carbocycles. The van der Waals surface area contributed by atoms with E-state index in [0.29, 0.717) is 34.5 Å². The van der Waals surface area contributed by atoms with Crippen molar-refractivity contribution in [2.75, 3.05) is 25.4 Å². The third-order valence-electron chi connectivity index (χ3n) is 4.38. The second kappa shape index (κ2) is 9.62. The summed E-state index contributed by atoms with van der Waals surface area (Å²) in [6, 6.07) is 9.31. The maximum atomic E-state index is 12.9. The number of hydrogen-bond donors (Lipinski definition) is 2. The maximum absolute atomic E-state index is 12.9. The first-order valence-corrected chi connectivity index (χ1v) is 10.8. The number of benzene rings is 2. The molecule has 0 aliphatic heterocycles. The Morgan fingerprint density at radius 1 is 1.07 bits per heavy atom. The second-order valence-corrected chi connectivity index (χ2v) is 8.79. The van der Waals surface area contributed by atoms with Crippen molar-refractivity contribution in [3.8, 4) is 5.75 Å². The van der Waals surface area contributed by atoms with Gasteiger partial charge in [0.1, 0.15) is 5.75 Å². The summed E-state index contributed by atoms with van der Waals surface area (Å²) in [4.78, 5) is 24.2. The molecule has 0 aliphatic rings. The topological polar surface area (TPSA) is 113 Å². The monoisotopic (exact) mass is 434 g/mol. The number of nitrogens with zero attached hydrogens (tertiary/aromatic N) is 1. The van der Waals surface area contributed by atoms with E-state index in [2.05, 4.69) is 4.72 Å². The molecule has 0 saturated heterocycles. The van der Waals surface area contributed by atoms with Crippen molar-refractivity contribution in [3.63, 3.8) is 0 Å². The van der Waals surface area contributed by atoms with Gasteiger partial charge in [-0.25, -0.2) is 8.42 Å². The number of ether oxygens (including phenoxy) is 1. The molecule has 2 rings (SSSR count). The molecule has 2 aromatic carbocycles. The van der Waals surface area contributed by atoms with Crippen LogP contribution in [-0.2, 0) is 14.8 Å². The van der Waals surface area contributed by atoms with Crippen LogP contribution in [0.5, 0.6) is 5.75 Å². The summed E-state index contributed by atoms with van der Waals surface area (Å²) >= 11 is 0. The Morgan fingerprint density at radius 3 is 2.37 bits per heavy atom. The Kier molecular flexibility index (Phi) is 7.44. The number of carbonyl (C=O) groups excluding carboxylic acids is 1. The zero-order chi connectivity index (χ0) is 22.5. The van der Waals surface area contributed by atoms with E-state index in [-0.39, 0.29) is 23.8 Å². The van der Waals surface area contributed by atoms with Crippen LogP contribution in [0.3, 0.4) is 0 Å². The molecule has 1 amide bonds. The minimum atomic E-state index is -3.88. The van der Waals surface area contributed by atoms with Gasteiger partial charge in [-0.2, -0.15) is 0 Å². The first-order chi connectivity index (χ1) is 14.0. The smallest absolute Gasteiger partial charge is 0.303 e. The minimum Gasteiger partial charge on any atom is -0.493 e. The molecular formula is C21H26N2O6S. The van der Waals surface area contributed by atoms with E-state index >= 15 is 0 Å². The average molecular weight is 435 g/mol. The lowest BCUT2D eigenvalue weighted by atomic mass is 10.1. The van der Waals surface area contributed by atoms with Crippen LogP contribution in [0.4, 0.5) is 5.69 Å². The van der Waals surface area contributed by atoms with Crippen LogP contribution in [-0.4, -0.2) is 51.0 Å². The quantitative estimate of drug-likeness (QED) is 0.587. The predicted molar refractivity (Wildman–Crippen MR) is 114 cm³/mol. The summed E-state index contributed by atoms with van der Waals surface area (Å²) in [5, 5.41) is 8.66. The molecule has 0 bridgehead atoms. The number of rotatable bonds is 9. The fourth-order valence-corrected chi connectivity index (χ4v) is 3.89. The number of nitrogens with one attached hydrogen (secondary N) is 1. The van der Waals surface area contributed by atoms with Crippen molar-refractivity contribution in [2.24, 2.45) is 0 Å². The number of sulfonamides is 1. The van der Waals surface area contributed by atoms with Crippen LogP contribution in [0.2, 0.25) is 0 Å². The summed E-state index contributed by atoms with van der Waals surface area (Å²) in [5.41, 5.74) is 2.00. The summed E-state index contributed by atoms with van der Waals surface area (Å²) < 4.78 is 33.8. The standard InChI is InChI=1S/C21H26N2O6S/c1-14-7-8-16(21(26)23(3)4)13-18(14)22-30(27,28)17-9-10-19(15(2)12-17)29-11-5-6-20(24)25/h7-10,12-13,22H,5-6,11H2,1-4H3,(H,24,25). The molecule has 162 valence electrons. The molecule has 0 aliphatic carbocycles. The number of carboxylic acid groups (broad SMARTS) is 1. The lowest BCUT2D eigenvalue weighted by Crippen LogP contribution is -2.22. The largest absolute Gasteiger partial charge is 0.493 e. The van der Waals surface area contributed by atoms with Crippen LogP contribution in [0, 0.1) is 13.8 Å². The van der Waals surface area contributed by atoms with Crippen molar-refractivity contribution < 1.29 is 27.9 Å². The van der Waals surface area contributed by atoms with Gasteiger partial charge >= 0.3 is 5.97 Å². The highest BCUT2D eigenvalue weighted by molar-refractivity contribution is 7.92. The number of amides is 1. The van der Waals surface area contributed by atoms with E-state index in [1.165, 1.54) is 23.1 Å². The van der Waals surface area contributed by atoms with Gasteiger partial charge in [-0.3, -0.25) is 14.3 Å². The number of aliphatic carboxylic acids is 1. The van der Waals surface area contributed by atoms with Crippen LogP contribution in [0.25, 0.3) is 0 Å². The average Bonchev–Trinajstić information content (AvgIpc) is 2.66. The fourth-order valence-electron chi connectivity index (χ4n) is 2.68. The summed E-state index contributed by atoms with van der Waals surface area (Å²) in [5.74, 6) is -0.626. The van der Waals surface area contributed by atoms with E-state index in [9.17, 15) is 18.0 Å². The second-order valence-electron chi connectivity index (χ2n) is 7.11. The molecule has 30 heavy (non-hydrogen) atoms. The number of carbonyl (C=O) groups is 2. The Hall–Kier alpha value is -3.07. The SMILES string of the molecule is Cc1ccc(C(=O)N(C)C)cc1NS(=O)(=O)c1ccc(OCCCC(=O)O)c(C)c1. The van der Waals surface area contributed by atoms with Gasteiger partial charge in [-0.15, -0.1) is 0 Å². The normalized spacial score (nSPS) is 11.1. The fraction of sp³-hybridized carbons (Fsp3) is 0.333. The van der Waals surface area contributed by atoms with Crippen molar-refractivity contribution in [1.29, 1.82) is 0 Å². The van der Waals surface area contributed by atoms with E-state index in [4.69, 9.17) is 9.84 Å². The lowest BCUT2D eigenvalue weighted by Gasteiger charge is -2.15.